The van der Waals surface area contributed by atoms with Crippen LogP contribution in [0.15, 0.2) is 64.6 Å². The summed E-state index contributed by atoms with van der Waals surface area (Å²) in [6, 6.07) is 10.6. The average Bonchev–Trinajstić information content (AvgIpc) is 2.76. The third-order valence-corrected chi connectivity index (χ3v) is 6.17. The van der Waals surface area contributed by atoms with Crippen molar-refractivity contribution in [3.8, 4) is 11.1 Å². The van der Waals surface area contributed by atoms with E-state index in [1.165, 1.54) is 10.6 Å². The van der Waals surface area contributed by atoms with Gasteiger partial charge in [0, 0.05) is 74.6 Å². The van der Waals surface area contributed by atoms with E-state index in [0.717, 1.165) is 23.2 Å². The molecule has 1 fully saturated rings. The van der Waals surface area contributed by atoms with Crippen LogP contribution in [-0.4, -0.2) is 38.0 Å². The first-order valence-electron chi connectivity index (χ1n) is 10.1. The smallest absolute Gasteiger partial charge is 0.255 e. The highest BCUT2D eigenvalue weighted by molar-refractivity contribution is 5.94. The zero-order chi connectivity index (χ0) is 20.8. The highest BCUT2D eigenvalue weighted by Crippen LogP contribution is 2.36. The lowest BCUT2D eigenvalue weighted by Crippen LogP contribution is -2.49. The maximum absolute atomic E-state index is 13.1. The van der Waals surface area contributed by atoms with Crippen LogP contribution in [0.4, 0.5) is 0 Å². The number of rotatable bonds is 2. The first-order valence-corrected chi connectivity index (χ1v) is 10.1. The van der Waals surface area contributed by atoms with Crippen LogP contribution in [0, 0.1) is 5.92 Å². The van der Waals surface area contributed by atoms with E-state index in [2.05, 4.69) is 11.1 Å². The van der Waals surface area contributed by atoms with E-state index in [4.69, 9.17) is 0 Å². The molecule has 0 aliphatic carbocycles. The van der Waals surface area contributed by atoms with Crippen LogP contribution in [0.3, 0.4) is 0 Å². The van der Waals surface area contributed by atoms with Crippen molar-refractivity contribution >= 4 is 5.91 Å². The van der Waals surface area contributed by atoms with E-state index >= 15 is 0 Å². The topological polar surface area (TPSA) is 77.2 Å². The minimum atomic E-state index is -0.140. The van der Waals surface area contributed by atoms with Crippen molar-refractivity contribution in [2.24, 2.45) is 13.0 Å². The molecule has 0 radical (unpaired) electrons. The fourth-order valence-electron chi connectivity index (χ4n) is 4.73. The Morgan fingerprint density at radius 2 is 1.90 bits per heavy atom. The second kappa shape index (κ2) is 7.09. The van der Waals surface area contributed by atoms with Gasteiger partial charge in [-0.25, -0.2) is 0 Å². The first-order chi connectivity index (χ1) is 14.5. The third kappa shape index (κ3) is 3.16. The molecule has 30 heavy (non-hydrogen) atoms. The van der Waals surface area contributed by atoms with Crippen LogP contribution in [0.5, 0.6) is 0 Å². The average molecular weight is 402 g/mol. The molecule has 0 unspecified atom stereocenters. The Morgan fingerprint density at radius 3 is 2.67 bits per heavy atom. The molecule has 0 aromatic carbocycles. The summed E-state index contributed by atoms with van der Waals surface area (Å²) >= 11 is 0. The molecule has 3 aromatic rings. The van der Waals surface area contributed by atoms with Crippen molar-refractivity contribution in [1.82, 2.24) is 19.0 Å². The number of aryl methyl sites for hydroxylation is 1. The highest BCUT2D eigenvalue weighted by Gasteiger charge is 2.37. The number of nitrogens with zero attached hydrogens (tertiary/aromatic N) is 4. The molecule has 2 aliphatic rings. The summed E-state index contributed by atoms with van der Waals surface area (Å²) in [6.07, 6.45) is 6.03. The Kier molecular flexibility index (Phi) is 4.38. The van der Waals surface area contributed by atoms with E-state index in [9.17, 15) is 14.4 Å². The lowest BCUT2D eigenvalue weighted by Gasteiger charge is -2.43. The molecule has 5 rings (SSSR count). The van der Waals surface area contributed by atoms with Gasteiger partial charge in [-0.3, -0.25) is 19.4 Å². The molecule has 2 atom stereocenters. The van der Waals surface area contributed by atoms with Crippen LogP contribution >= 0.6 is 0 Å². The van der Waals surface area contributed by atoms with Crippen LogP contribution in [0.25, 0.3) is 11.1 Å². The maximum Gasteiger partial charge on any atom is 0.255 e. The van der Waals surface area contributed by atoms with Crippen LogP contribution in [0.1, 0.15) is 28.4 Å². The molecule has 152 valence electrons. The lowest BCUT2D eigenvalue weighted by atomic mass is 9.82. The Labute approximate surface area is 173 Å². The van der Waals surface area contributed by atoms with E-state index < -0.39 is 0 Å². The second-order valence-electron chi connectivity index (χ2n) is 8.24. The number of carbonyl (C=O) groups is 1. The van der Waals surface area contributed by atoms with Gasteiger partial charge in [0.25, 0.3) is 11.5 Å². The van der Waals surface area contributed by atoms with E-state index in [-0.39, 0.29) is 28.9 Å². The normalized spacial score (nSPS) is 20.0. The molecule has 0 N–H and O–H groups in total. The Hall–Kier alpha value is -3.48. The Balaban J connectivity index is 1.48. The predicted molar refractivity (Wildman–Crippen MR) is 112 cm³/mol. The zero-order valence-electron chi connectivity index (χ0n) is 16.7. The Bertz CT molecular complexity index is 1250. The number of hydrogen-bond donors (Lipinski definition) is 0. The third-order valence-electron chi connectivity index (χ3n) is 6.17. The van der Waals surface area contributed by atoms with Crippen molar-refractivity contribution in [1.29, 1.82) is 0 Å². The molecule has 2 bridgehead atoms. The van der Waals surface area contributed by atoms with Gasteiger partial charge in [-0.2, -0.15) is 0 Å². The van der Waals surface area contributed by atoms with Crippen LogP contribution < -0.4 is 11.1 Å². The minimum absolute atomic E-state index is 0.00103. The predicted octanol–water partition coefficient (Wildman–Crippen LogP) is 1.87. The largest absolute Gasteiger partial charge is 0.338 e. The molecule has 1 amide bonds. The van der Waals surface area contributed by atoms with Crippen molar-refractivity contribution in [2.45, 2.75) is 18.9 Å². The zero-order valence-corrected chi connectivity index (χ0v) is 16.7. The summed E-state index contributed by atoms with van der Waals surface area (Å²) in [5, 5.41) is 0. The Morgan fingerprint density at radius 1 is 1.03 bits per heavy atom. The van der Waals surface area contributed by atoms with E-state index in [1.807, 2.05) is 21.6 Å². The van der Waals surface area contributed by atoms with Crippen molar-refractivity contribution in [2.75, 3.05) is 13.1 Å². The standard InChI is InChI=1S/C23H22N4O3/c1-25-13-17(4-5-21(25)28)23(30)26-11-15-7-19(14-26)20-8-18(9-22(29)27(20)12-15)16-3-2-6-24-10-16/h2-6,8-10,13,15,19H,7,11-12,14H2,1H3/t15-,19+/m0/s1. The summed E-state index contributed by atoms with van der Waals surface area (Å²) < 4.78 is 3.29. The summed E-state index contributed by atoms with van der Waals surface area (Å²) in [7, 11) is 1.65. The van der Waals surface area contributed by atoms with Crippen molar-refractivity contribution in [3.63, 3.8) is 0 Å². The van der Waals surface area contributed by atoms with E-state index in [0.29, 0.717) is 25.2 Å². The number of fused-ring (bicyclic) bond motifs is 4. The quantitative estimate of drug-likeness (QED) is 0.656. The van der Waals surface area contributed by atoms with Gasteiger partial charge in [-0.15, -0.1) is 0 Å². The van der Waals surface area contributed by atoms with Gasteiger partial charge >= 0.3 is 0 Å². The fraction of sp³-hybridized carbons (Fsp3) is 0.304. The molecule has 3 aromatic heterocycles. The monoisotopic (exact) mass is 402 g/mol. The molecular weight excluding hydrogens is 380 g/mol. The van der Waals surface area contributed by atoms with Crippen LogP contribution in [0.2, 0.25) is 0 Å². The molecule has 2 aliphatic heterocycles. The molecule has 5 heterocycles. The number of amides is 1. The molecular formula is C23H22N4O3. The molecule has 1 saturated heterocycles. The fourth-order valence-corrected chi connectivity index (χ4v) is 4.73. The summed E-state index contributed by atoms with van der Waals surface area (Å²) in [6.45, 7) is 1.80. The lowest BCUT2D eigenvalue weighted by molar-refractivity contribution is 0.0594. The SMILES string of the molecule is Cn1cc(C(=O)N2C[C@@H]3C[C@H](C2)c2cc(-c4cccnc4)cc(=O)n2C3)ccc1=O. The van der Waals surface area contributed by atoms with Gasteiger partial charge in [0.2, 0.25) is 5.56 Å². The first kappa shape index (κ1) is 18.5. The number of carbonyl (C=O) groups excluding carboxylic acids is 1. The van der Waals surface area contributed by atoms with E-state index in [1.54, 1.807) is 37.8 Å². The van der Waals surface area contributed by atoms with Crippen molar-refractivity contribution in [3.05, 3.63) is 87.0 Å². The maximum atomic E-state index is 13.1. The minimum Gasteiger partial charge on any atom is -0.338 e. The highest BCUT2D eigenvalue weighted by atomic mass is 16.2. The summed E-state index contributed by atoms with van der Waals surface area (Å²) in [4.78, 5) is 43.6. The van der Waals surface area contributed by atoms with Gasteiger partial charge in [0.1, 0.15) is 0 Å². The van der Waals surface area contributed by atoms with Gasteiger partial charge in [-0.1, -0.05) is 6.07 Å². The number of hydrogen-bond acceptors (Lipinski definition) is 4. The molecule has 0 spiro atoms. The number of likely N-dealkylation sites (tertiary alicyclic amines) is 1. The number of pyridine rings is 3. The number of aromatic nitrogens is 3. The van der Waals surface area contributed by atoms with Gasteiger partial charge in [0.05, 0.1) is 5.56 Å². The summed E-state index contributed by atoms with van der Waals surface area (Å²) in [5.41, 5.74) is 3.12. The van der Waals surface area contributed by atoms with Crippen molar-refractivity contribution < 1.29 is 4.79 Å². The molecule has 7 nitrogen and oxygen atoms in total. The van der Waals surface area contributed by atoms with Crippen LogP contribution in [-0.2, 0) is 13.6 Å². The number of piperidine rings is 1. The van der Waals surface area contributed by atoms with Gasteiger partial charge in [0.15, 0.2) is 0 Å². The second-order valence-corrected chi connectivity index (χ2v) is 8.24. The van der Waals surface area contributed by atoms with Gasteiger partial charge < -0.3 is 14.0 Å². The summed E-state index contributed by atoms with van der Waals surface area (Å²) in [5.74, 6) is 0.285. The molecule has 0 saturated carbocycles. The molecule has 7 heteroatoms. The van der Waals surface area contributed by atoms with Gasteiger partial charge in [-0.05, 0) is 36.1 Å².